The molecular weight excluding hydrogens is 573 g/mol. The highest BCUT2D eigenvalue weighted by molar-refractivity contribution is 7.88. The number of benzene rings is 2. The van der Waals surface area contributed by atoms with E-state index in [1.165, 1.54) is 36.3 Å². The molecule has 0 aliphatic carbocycles. The van der Waals surface area contributed by atoms with E-state index in [2.05, 4.69) is 21.5 Å². The van der Waals surface area contributed by atoms with Crippen molar-refractivity contribution in [3.05, 3.63) is 64.9 Å². The predicted molar refractivity (Wildman–Crippen MR) is 159 cm³/mol. The summed E-state index contributed by atoms with van der Waals surface area (Å²) in [6.45, 7) is 6.19. The van der Waals surface area contributed by atoms with Crippen molar-refractivity contribution in [1.82, 2.24) is 9.88 Å². The Kier molecular flexibility index (Phi) is 9.41. The normalized spacial score (nSPS) is 16.6. The summed E-state index contributed by atoms with van der Waals surface area (Å²) in [6.07, 6.45) is 5.09. The van der Waals surface area contributed by atoms with E-state index in [1.807, 2.05) is 6.07 Å². The Morgan fingerprint density at radius 2 is 2.02 bits per heavy atom. The van der Waals surface area contributed by atoms with Gasteiger partial charge in [-0.05, 0) is 68.1 Å². The number of nitrogens with zero attached hydrogens (tertiary/aromatic N) is 2. The Hall–Kier alpha value is -2.92. The van der Waals surface area contributed by atoms with E-state index in [9.17, 15) is 8.60 Å². The SMILES string of the molecule is COc1cc2c(Oc3ccc(NS(=O)c4ccc(Cl)s4)cc3F)ccnc2cc1OCCCN1CCCC(C)C1. The maximum Gasteiger partial charge on any atom is 0.167 e. The molecule has 2 unspecified atom stereocenters. The Labute approximate surface area is 244 Å². The van der Waals surface area contributed by atoms with Crippen molar-refractivity contribution < 1.29 is 22.8 Å². The number of hydrogen-bond acceptors (Lipinski definition) is 7. The van der Waals surface area contributed by atoms with Crippen LogP contribution >= 0.6 is 22.9 Å². The minimum absolute atomic E-state index is 0.0225. The van der Waals surface area contributed by atoms with Crippen LogP contribution in [0.1, 0.15) is 26.2 Å². The number of anilines is 1. The highest BCUT2D eigenvalue weighted by atomic mass is 35.5. The molecule has 7 nitrogen and oxygen atoms in total. The van der Waals surface area contributed by atoms with Gasteiger partial charge in [0.15, 0.2) is 34.1 Å². The molecule has 0 spiro atoms. The van der Waals surface area contributed by atoms with Crippen LogP contribution in [0.3, 0.4) is 0 Å². The molecule has 3 heterocycles. The number of nitrogens with one attached hydrogen (secondary N) is 1. The largest absolute Gasteiger partial charge is 0.493 e. The van der Waals surface area contributed by atoms with Crippen molar-refractivity contribution >= 4 is 50.5 Å². The number of fused-ring (bicyclic) bond motifs is 1. The number of methoxy groups -OCH3 is 1. The van der Waals surface area contributed by atoms with Gasteiger partial charge < -0.3 is 23.8 Å². The van der Waals surface area contributed by atoms with E-state index < -0.39 is 16.8 Å². The second-order valence-corrected chi connectivity index (χ2v) is 12.9. The first-order valence-corrected chi connectivity index (χ1v) is 15.5. The highest BCUT2D eigenvalue weighted by Gasteiger charge is 2.17. The first-order chi connectivity index (χ1) is 19.4. The van der Waals surface area contributed by atoms with Gasteiger partial charge in [0.25, 0.3) is 0 Å². The average molecular weight is 604 g/mol. The molecule has 11 heteroatoms. The molecule has 1 saturated heterocycles. The lowest BCUT2D eigenvalue weighted by Gasteiger charge is -2.30. The molecule has 0 amide bonds. The maximum atomic E-state index is 15.0. The quantitative estimate of drug-likeness (QED) is 0.179. The number of ether oxygens (including phenoxy) is 3. The van der Waals surface area contributed by atoms with Crippen LogP contribution in [-0.2, 0) is 11.0 Å². The van der Waals surface area contributed by atoms with E-state index in [0.717, 1.165) is 32.0 Å². The molecule has 1 fully saturated rings. The molecule has 1 N–H and O–H groups in total. The number of thiophene rings is 1. The monoisotopic (exact) mass is 603 g/mol. The number of likely N-dealkylation sites (tertiary alicyclic amines) is 1. The van der Waals surface area contributed by atoms with Gasteiger partial charge in [0.2, 0.25) is 0 Å². The highest BCUT2D eigenvalue weighted by Crippen LogP contribution is 2.38. The van der Waals surface area contributed by atoms with Gasteiger partial charge >= 0.3 is 0 Å². The van der Waals surface area contributed by atoms with Crippen molar-refractivity contribution in [3.8, 4) is 23.0 Å². The summed E-state index contributed by atoms with van der Waals surface area (Å²) >= 11 is 7.12. The van der Waals surface area contributed by atoms with Crippen molar-refractivity contribution in [2.45, 2.75) is 30.4 Å². The number of hydrogen-bond donors (Lipinski definition) is 1. The van der Waals surface area contributed by atoms with Gasteiger partial charge in [0, 0.05) is 42.5 Å². The summed E-state index contributed by atoms with van der Waals surface area (Å²) in [4.78, 5) is 6.96. The molecule has 212 valence electrons. The molecule has 0 radical (unpaired) electrons. The van der Waals surface area contributed by atoms with E-state index in [4.69, 9.17) is 25.8 Å². The number of piperidine rings is 1. The number of aromatic nitrogens is 1. The summed E-state index contributed by atoms with van der Waals surface area (Å²) in [5.41, 5.74) is 0.993. The van der Waals surface area contributed by atoms with E-state index in [0.29, 0.717) is 49.0 Å². The number of halogens is 2. The Balaban J connectivity index is 1.26. The average Bonchev–Trinajstić information content (AvgIpc) is 3.39. The molecule has 2 aromatic carbocycles. The second-order valence-electron chi connectivity index (χ2n) is 9.76. The van der Waals surface area contributed by atoms with Gasteiger partial charge in [0.1, 0.15) is 9.96 Å². The van der Waals surface area contributed by atoms with Crippen molar-refractivity contribution in [1.29, 1.82) is 0 Å². The second kappa shape index (κ2) is 13.2. The zero-order valence-electron chi connectivity index (χ0n) is 22.3. The molecule has 40 heavy (non-hydrogen) atoms. The third kappa shape index (κ3) is 7.04. The molecule has 0 saturated carbocycles. The van der Waals surface area contributed by atoms with Gasteiger partial charge in [-0.3, -0.25) is 4.98 Å². The Morgan fingerprint density at radius 1 is 1.15 bits per heavy atom. The van der Waals surface area contributed by atoms with Gasteiger partial charge in [-0.2, -0.15) is 0 Å². The Bertz CT molecular complexity index is 1500. The summed E-state index contributed by atoms with van der Waals surface area (Å²) in [5, 5.41) is 0.659. The fourth-order valence-corrected chi connectivity index (χ4v) is 7.01. The minimum atomic E-state index is -1.56. The van der Waals surface area contributed by atoms with Gasteiger partial charge in [-0.15, -0.1) is 11.3 Å². The van der Waals surface area contributed by atoms with Crippen LogP contribution < -0.4 is 18.9 Å². The molecule has 2 aromatic heterocycles. The first kappa shape index (κ1) is 28.6. The van der Waals surface area contributed by atoms with Crippen molar-refractivity contribution in [2.24, 2.45) is 5.92 Å². The molecular formula is C29H31ClFN3O4S2. The smallest absolute Gasteiger partial charge is 0.167 e. The maximum absolute atomic E-state index is 15.0. The van der Waals surface area contributed by atoms with Crippen LogP contribution in [0.25, 0.3) is 10.9 Å². The summed E-state index contributed by atoms with van der Waals surface area (Å²) in [5.74, 6) is 1.75. The lowest BCUT2D eigenvalue weighted by Crippen LogP contribution is -2.35. The molecule has 2 atom stereocenters. The third-order valence-electron chi connectivity index (χ3n) is 6.70. The number of rotatable bonds is 11. The van der Waals surface area contributed by atoms with E-state index in [1.54, 1.807) is 43.6 Å². The van der Waals surface area contributed by atoms with Crippen molar-refractivity contribution in [3.63, 3.8) is 0 Å². The Morgan fingerprint density at radius 3 is 2.77 bits per heavy atom. The third-order valence-corrected chi connectivity index (χ3v) is 9.35. The summed E-state index contributed by atoms with van der Waals surface area (Å²) in [6, 6.07) is 12.9. The van der Waals surface area contributed by atoms with Crippen LogP contribution in [0.5, 0.6) is 23.0 Å². The zero-order valence-corrected chi connectivity index (χ0v) is 24.7. The molecule has 0 bridgehead atoms. The lowest BCUT2D eigenvalue weighted by atomic mass is 10.0. The fraction of sp³-hybridized carbons (Fsp3) is 0.345. The lowest BCUT2D eigenvalue weighted by molar-refractivity contribution is 0.169. The van der Waals surface area contributed by atoms with E-state index in [-0.39, 0.29) is 5.75 Å². The van der Waals surface area contributed by atoms with Crippen LogP contribution in [0.4, 0.5) is 10.1 Å². The predicted octanol–water partition coefficient (Wildman–Crippen LogP) is 7.53. The van der Waals surface area contributed by atoms with Crippen LogP contribution in [0.15, 0.2) is 58.9 Å². The molecule has 1 aliphatic rings. The minimum Gasteiger partial charge on any atom is -0.493 e. The molecule has 5 rings (SSSR count). The van der Waals surface area contributed by atoms with Gasteiger partial charge in [-0.1, -0.05) is 18.5 Å². The standard InChI is InChI=1S/C29H31ClFN3O4S2/c1-19-5-3-12-34(18-19)13-4-14-37-27-17-23-21(16-26(27)36-2)24(10-11-32-23)38-25-7-6-20(15-22(25)31)33-40(35)29-9-8-28(30)39-29/h6-11,15-17,19,33H,3-5,12-14,18H2,1-2H3. The molecule has 4 aromatic rings. The van der Waals surface area contributed by atoms with E-state index >= 15 is 0 Å². The van der Waals surface area contributed by atoms with Crippen LogP contribution in [0, 0.1) is 11.7 Å². The topological polar surface area (TPSA) is 72.9 Å². The number of pyridine rings is 1. The van der Waals surface area contributed by atoms with Crippen molar-refractivity contribution in [2.75, 3.05) is 38.1 Å². The molecule has 1 aliphatic heterocycles. The van der Waals surface area contributed by atoms with Gasteiger partial charge in [0.05, 0.1) is 23.6 Å². The van der Waals surface area contributed by atoms with Gasteiger partial charge in [-0.25, -0.2) is 8.60 Å². The summed E-state index contributed by atoms with van der Waals surface area (Å²) < 4.78 is 48.9. The zero-order chi connectivity index (χ0) is 28.1. The first-order valence-electron chi connectivity index (χ1n) is 13.1. The van der Waals surface area contributed by atoms with Crippen LogP contribution in [0.2, 0.25) is 4.34 Å². The fourth-order valence-electron chi connectivity index (χ4n) is 4.77. The summed E-state index contributed by atoms with van der Waals surface area (Å²) in [7, 11) is 0.0255. The van der Waals surface area contributed by atoms with Crippen LogP contribution in [-0.4, -0.2) is 47.4 Å².